The fourth-order valence-electron chi connectivity index (χ4n) is 1.44. The summed E-state index contributed by atoms with van der Waals surface area (Å²) in [5, 5.41) is 1.46. The van der Waals surface area contributed by atoms with Crippen LogP contribution in [-0.4, -0.2) is 26.4 Å². The second kappa shape index (κ2) is 4.62. The fraction of sp³-hybridized carbons (Fsp3) is 0.417. The Hall–Kier alpha value is -1.09. The van der Waals surface area contributed by atoms with E-state index in [1.807, 2.05) is 0 Å². The highest BCUT2D eigenvalue weighted by Gasteiger charge is 2.15. The fourth-order valence-corrected chi connectivity index (χ4v) is 2.60. The molecule has 0 bridgehead atoms. The first-order chi connectivity index (χ1) is 6.93. The number of carbonyl (C=O) groups is 1. The lowest BCUT2D eigenvalue weighted by molar-refractivity contribution is -0.117. The Labute approximate surface area is 92.9 Å². The van der Waals surface area contributed by atoms with Crippen molar-refractivity contribution in [1.29, 1.82) is 0 Å². The Morgan fingerprint density at radius 1 is 1.20 bits per heavy atom. The summed E-state index contributed by atoms with van der Waals surface area (Å²) in [6.07, 6.45) is 0.854. The number of benzene rings is 1. The Bertz CT molecular complexity index is 326. The van der Waals surface area contributed by atoms with Gasteiger partial charge in [-0.15, -0.1) is 0 Å². The van der Waals surface area contributed by atoms with E-state index in [0.717, 1.165) is 6.41 Å². The zero-order valence-electron chi connectivity index (χ0n) is 9.95. The first-order valence-corrected chi connectivity index (χ1v) is 8.68. The number of hydrogen-bond donors (Lipinski definition) is 0. The second-order valence-electron chi connectivity index (χ2n) is 4.97. The van der Waals surface area contributed by atoms with E-state index in [4.69, 9.17) is 0 Å². The minimum atomic E-state index is -1.19. The SMILES string of the molecule is CN(C=O)Cc1ccc([Si](C)(C)C)cc1. The summed E-state index contributed by atoms with van der Waals surface area (Å²) >= 11 is 0. The van der Waals surface area contributed by atoms with Crippen LogP contribution in [0.1, 0.15) is 5.56 Å². The summed E-state index contributed by atoms with van der Waals surface area (Å²) in [6.45, 7) is 7.69. The molecule has 0 aliphatic carbocycles. The van der Waals surface area contributed by atoms with Crippen LogP contribution in [0.4, 0.5) is 0 Å². The van der Waals surface area contributed by atoms with Crippen molar-refractivity contribution in [3.8, 4) is 0 Å². The lowest BCUT2D eigenvalue weighted by Crippen LogP contribution is -2.37. The largest absolute Gasteiger partial charge is 0.344 e. The molecule has 82 valence electrons. The highest BCUT2D eigenvalue weighted by atomic mass is 28.3. The molecule has 0 fully saturated rings. The van der Waals surface area contributed by atoms with Crippen molar-refractivity contribution in [2.75, 3.05) is 7.05 Å². The standard InChI is InChI=1S/C12H19NOSi/c1-13(10-14)9-11-5-7-12(8-6-11)15(2,3)4/h5-8,10H,9H2,1-4H3. The summed E-state index contributed by atoms with van der Waals surface area (Å²) in [5.74, 6) is 0. The molecule has 0 radical (unpaired) electrons. The van der Waals surface area contributed by atoms with Crippen molar-refractivity contribution in [3.63, 3.8) is 0 Å². The molecule has 0 aliphatic heterocycles. The minimum absolute atomic E-state index is 0.690. The molecule has 0 saturated heterocycles. The second-order valence-corrected chi connectivity index (χ2v) is 10.0. The predicted octanol–water partition coefficient (Wildman–Crippen LogP) is 1.82. The van der Waals surface area contributed by atoms with Crippen LogP contribution in [0.5, 0.6) is 0 Å². The van der Waals surface area contributed by atoms with Gasteiger partial charge in [-0.1, -0.05) is 49.1 Å². The molecule has 0 heterocycles. The van der Waals surface area contributed by atoms with E-state index < -0.39 is 8.07 Å². The first-order valence-electron chi connectivity index (χ1n) is 5.18. The van der Waals surface area contributed by atoms with Gasteiger partial charge in [-0.05, 0) is 5.56 Å². The monoisotopic (exact) mass is 221 g/mol. The molecule has 1 amide bonds. The van der Waals surface area contributed by atoms with E-state index in [0.29, 0.717) is 6.54 Å². The van der Waals surface area contributed by atoms with Crippen LogP contribution in [0.3, 0.4) is 0 Å². The molecular weight excluding hydrogens is 202 g/mol. The highest BCUT2D eigenvalue weighted by Crippen LogP contribution is 2.05. The Morgan fingerprint density at radius 2 is 1.73 bits per heavy atom. The van der Waals surface area contributed by atoms with Gasteiger partial charge in [0.15, 0.2) is 0 Å². The van der Waals surface area contributed by atoms with Crippen LogP contribution in [0, 0.1) is 0 Å². The number of carbonyl (C=O) groups excluding carboxylic acids is 1. The van der Waals surface area contributed by atoms with Crippen molar-refractivity contribution < 1.29 is 4.79 Å². The van der Waals surface area contributed by atoms with Gasteiger partial charge in [0.1, 0.15) is 0 Å². The normalized spacial score (nSPS) is 11.2. The predicted molar refractivity (Wildman–Crippen MR) is 67.0 cm³/mol. The van der Waals surface area contributed by atoms with Crippen LogP contribution in [0.25, 0.3) is 0 Å². The van der Waals surface area contributed by atoms with E-state index in [-0.39, 0.29) is 0 Å². The lowest BCUT2D eigenvalue weighted by Gasteiger charge is -2.17. The summed E-state index contributed by atoms with van der Waals surface area (Å²) in [7, 11) is 0.603. The van der Waals surface area contributed by atoms with E-state index in [1.165, 1.54) is 10.8 Å². The van der Waals surface area contributed by atoms with E-state index in [2.05, 4.69) is 43.9 Å². The maximum absolute atomic E-state index is 10.5. The molecule has 0 aromatic heterocycles. The maximum atomic E-state index is 10.5. The molecule has 0 aliphatic rings. The molecule has 2 nitrogen and oxygen atoms in total. The van der Waals surface area contributed by atoms with Gasteiger partial charge < -0.3 is 4.90 Å². The minimum Gasteiger partial charge on any atom is -0.344 e. The van der Waals surface area contributed by atoms with Gasteiger partial charge in [-0.25, -0.2) is 0 Å². The van der Waals surface area contributed by atoms with Gasteiger partial charge in [0.2, 0.25) is 6.41 Å². The summed E-state index contributed by atoms with van der Waals surface area (Å²) in [4.78, 5) is 12.1. The number of nitrogens with zero attached hydrogens (tertiary/aromatic N) is 1. The van der Waals surface area contributed by atoms with Crippen LogP contribution in [0.15, 0.2) is 24.3 Å². The summed E-state index contributed by atoms with van der Waals surface area (Å²) < 4.78 is 0. The molecule has 0 atom stereocenters. The maximum Gasteiger partial charge on any atom is 0.209 e. The molecule has 3 heteroatoms. The van der Waals surface area contributed by atoms with E-state index in [9.17, 15) is 4.79 Å². The van der Waals surface area contributed by atoms with Gasteiger partial charge in [0.05, 0.1) is 8.07 Å². The average Bonchev–Trinajstić information content (AvgIpc) is 2.17. The van der Waals surface area contributed by atoms with E-state index in [1.54, 1.807) is 11.9 Å². The van der Waals surface area contributed by atoms with Gasteiger partial charge in [0, 0.05) is 13.6 Å². The van der Waals surface area contributed by atoms with Crippen LogP contribution in [-0.2, 0) is 11.3 Å². The summed E-state index contributed by atoms with van der Waals surface area (Å²) in [5.41, 5.74) is 1.19. The van der Waals surface area contributed by atoms with Crippen molar-refractivity contribution >= 4 is 19.7 Å². The molecule has 0 spiro atoms. The zero-order valence-corrected chi connectivity index (χ0v) is 10.9. The van der Waals surface area contributed by atoms with E-state index >= 15 is 0 Å². The molecule has 15 heavy (non-hydrogen) atoms. The third kappa shape index (κ3) is 3.51. The number of amides is 1. The average molecular weight is 221 g/mol. The quantitative estimate of drug-likeness (QED) is 0.561. The van der Waals surface area contributed by atoms with Gasteiger partial charge in [-0.3, -0.25) is 4.79 Å². The molecule has 1 aromatic rings. The highest BCUT2D eigenvalue weighted by molar-refractivity contribution is 6.88. The lowest BCUT2D eigenvalue weighted by atomic mass is 10.2. The number of rotatable bonds is 4. The van der Waals surface area contributed by atoms with Crippen LogP contribution in [0.2, 0.25) is 19.6 Å². The molecule has 1 aromatic carbocycles. The Kier molecular flexibility index (Phi) is 3.69. The van der Waals surface area contributed by atoms with Crippen molar-refractivity contribution in [2.24, 2.45) is 0 Å². The Balaban J connectivity index is 2.77. The van der Waals surface area contributed by atoms with Crippen molar-refractivity contribution in [3.05, 3.63) is 29.8 Å². The van der Waals surface area contributed by atoms with Gasteiger partial charge in [-0.2, -0.15) is 0 Å². The van der Waals surface area contributed by atoms with Crippen LogP contribution >= 0.6 is 0 Å². The third-order valence-corrected chi connectivity index (χ3v) is 4.50. The van der Waals surface area contributed by atoms with Crippen molar-refractivity contribution in [1.82, 2.24) is 4.90 Å². The molecule has 1 rings (SSSR count). The van der Waals surface area contributed by atoms with Crippen molar-refractivity contribution in [2.45, 2.75) is 26.2 Å². The Morgan fingerprint density at radius 3 is 2.13 bits per heavy atom. The van der Waals surface area contributed by atoms with Gasteiger partial charge >= 0.3 is 0 Å². The van der Waals surface area contributed by atoms with Gasteiger partial charge in [0.25, 0.3) is 0 Å². The molecule has 0 N–H and O–H groups in total. The number of hydrogen-bond acceptors (Lipinski definition) is 1. The third-order valence-electron chi connectivity index (χ3n) is 2.43. The zero-order chi connectivity index (χ0) is 11.5. The smallest absolute Gasteiger partial charge is 0.209 e. The van der Waals surface area contributed by atoms with Crippen LogP contribution < -0.4 is 5.19 Å². The topological polar surface area (TPSA) is 20.3 Å². The first kappa shape index (κ1) is 12.0. The summed E-state index contributed by atoms with van der Waals surface area (Å²) in [6, 6.07) is 8.63. The molecular formula is C12H19NOSi. The molecule has 0 unspecified atom stereocenters. The molecule has 0 saturated carbocycles.